The van der Waals surface area contributed by atoms with Gasteiger partial charge in [0.25, 0.3) is 0 Å². The van der Waals surface area contributed by atoms with E-state index in [1.54, 1.807) is 12.1 Å². The number of carbonyl (C=O) groups excluding carboxylic acids is 1. The molecule has 0 radical (unpaired) electrons. The molecule has 1 amide bonds. The van der Waals surface area contributed by atoms with Crippen LogP contribution in [-0.4, -0.2) is 25.5 Å². The van der Waals surface area contributed by atoms with Crippen LogP contribution in [0, 0.1) is 12.7 Å². The standard InChI is InChI=1S/C25H27FN2O3/c1-4-28(5-2)20-10-11-21-17(3)22(25(30)31-23(21)16-20)12-13-24(29)27-15-14-18-6-8-19(26)9-7-18/h6-13,16H,4-5,14-15H2,1-3H3,(H,27,29). The average Bonchev–Trinajstić information content (AvgIpc) is 2.75. The smallest absolute Gasteiger partial charge is 0.343 e. The van der Waals surface area contributed by atoms with Gasteiger partial charge in [0.1, 0.15) is 11.4 Å². The Morgan fingerprint density at radius 3 is 2.52 bits per heavy atom. The van der Waals surface area contributed by atoms with Crippen molar-refractivity contribution in [3.63, 3.8) is 0 Å². The molecule has 6 heteroatoms. The van der Waals surface area contributed by atoms with E-state index in [1.807, 2.05) is 25.1 Å². The summed E-state index contributed by atoms with van der Waals surface area (Å²) in [5.74, 6) is -0.595. The van der Waals surface area contributed by atoms with Gasteiger partial charge in [0.15, 0.2) is 0 Å². The molecular formula is C25H27FN2O3. The molecule has 0 bridgehead atoms. The molecule has 0 unspecified atom stereocenters. The summed E-state index contributed by atoms with van der Waals surface area (Å²) in [6.45, 7) is 8.14. The summed E-state index contributed by atoms with van der Waals surface area (Å²) in [4.78, 5) is 26.8. The van der Waals surface area contributed by atoms with E-state index in [0.29, 0.717) is 24.1 Å². The lowest BCUT2D eigenvalue weighted by Gasteiger charge is -2.21. The maximum atomic E-state index is 12.9. The largest absolute Gasteiger partial charge is 0.422 e. The van der Waals surface area contributed by atoms with Gasteiger partial charge < -0.3 is 14.6 Å². The van der Waals surface area contributed by atoms with E-state index >= 15 is 0 Å². The third-order valence-electron chi connectivity index (χ3n) is 5.35. The molecule has 3 rings (SSSR count). The van der Waals surface area contributed by atoms with Gasteiger partial charge in [0.05, 0.1) is 5.56 Å². The van der Waals surface area contributed by atoms with Crippen molar-refractivity contribution in [1.29, 1.82) is 0 Å². The van der Waals surface area contributed by atoms with Crippen LogP contribution >= 0.6 is 0 Å². The molecule has 2 aromatic carbocycles. The monoisotopic (exact) mass is 422 g/mol. The van der Waals surface area contributed by atoms with Crippen molar-refractivity contribution in [1.82, 2.24) is 5.32 Å². The molecule has 1 heterocycles. The highest BCUT2D eigenvalue weighted by Crippen LogP contribution is 2.25. The maximum absolute atomic E-state index is 12.9. The van der Waals surface area contributed by atoms with Crippen LogP contribution in [0.2, 0.25) is 0 Å². The quantitative estimate of drug-likeness (QED) is 0.430. The minimum atomic E-state index is -0.475. The van der Waals surface area contributed by atoms with Gasteiger partial charge >= 0.3 is 5.63 Å². The molecule has 31 heavy (non-hydrogen) atoms. The summed E-state index contributed by atoms with van der Waals surface area (Å²) >= 11 is 0. The van der Waals surface area contributed by atoms with E-state index in [-0.39, 0.29) is 11.7 Å². The molecule has 0 aliphatic rings. The highest BCUT2D eigenvalue weighted by Gasteiger charge is 2.11. The van der Waals surface area contributed by atoms with Gasteiger partial charge in [-0.25, -0.2) is 9.18 Å². The van der Waals surface area contributed by atoms with Gasteiger partial charge in [-0.15, -0.1) is 0 Å². The molecule has 0 saturated heterocycles. The van der Waals surface area contributed by atoms with Crippen molar-refractivity contribution in [3.8, 4) is 0 Å². The van der Waals surface area contributed by atoms with Crippen LogP contribution in [0.25, 0.3) is 17.0 Å². The Bertz CT molecular complexity index is 1150. The van der Waals surface area contributed by atoms with Crippen LogP contribution in [0.3, 0.4) is 0 Å². The Morgan fingerprint density at radius 1 is 1.13 bits per heavy atom. The number of anilines is 1. The van der Waals surface area contributed by atoms with E-state index in [1.165, 1.54) is 24.3 Å². The van der Waals surface area contributed by atoms with E-state index in [9.17, 15) is 14.0 Å². The minimum Gasteiger partial charge on any atom is -0.422 e. The number of benzene rings is 2. The average molecular weight is 423 g/mol. The molecule has 0 atom stereocenters. The number of fused-ring (bicyclic) bond motifs is 1. The van der Waals surface area contributed by atoms with Gasteiger partial charge in [0, 0.05) is 42.9 Å². The lowest BCUT2D eigenvalue weighted by molar-refractivity contribution is -0.116. The van der Waals surface area contributed by atoms with Crippen molar-refractivity contribution >= 4 is 28.6 Å². The molecule has 0 spiro atoms. The number of halogens is 1. The molecule has 1 aromatic heterocycles. The third-order valence-corrected chi connectivity index (χ3v) is 5.35. The van der Waals surface area contributed by atoms with Crippen LogP contribution in [-0.2, 0) is 11.2 Å². The van der Waals surface area contributed by atoms with Crippen molar-refractivity contribution in [2.75, 3.05) is 24.5 Å². The molecule has 3 aromatic rings. The van der Waals surface area contributed by atoms with E-state index in [4.69, 9.17) is 4.42 Å². The fourth-order valence-corrected chi connectivity index (χ4v) is 3.54. The third kappa shape index (κ3) is 5.40. The van der Waals surface area contributed by atoms with Crippen molar-refractivity contribution < 1.29 is 13.6 Å². The SMILES string of the molecule is CCN(CC)c1ccc2c(C)c(C=CC(=O)NCCc3ccc(F)cc3)c(=O)oc2c1. The zero-order valence-electron chi connectivity index (χ0n) is 18.1. The first-order chi connectivity index (χ1) is 14.9. The lowest BCUT2D eigenvalue weighted by atomic mass is 10.0. The first-order valence-corrected chi connectivity index (χ1v) is 10.5. The second-order valence-electron chi connectivity index (χ2n) is 7.28. The Balaban J connectivity index is 1.72. The summed E-state index contributed by atoms with van der Waals surface area (Å²) in [5.41, 5.74) is 3.12. The summed E-state index contributed by atoms with van der Waals surface area (Å²) in [6, 6.07) is 12.0. The van der Waals surface area contributed by atoms with Crippen molar-refractivity contribution in [2.24, 2.45) is 0 Å². The van der Waals surface area contributed by atoms with Crippen molar-refractivity contribution in [2.45, 2.75) is 27.2 Å². The number of nitrogens with one attached hydrogen (secondary N) is 1. The number of rotatable bonds is 8. The topological polar surface area (TPSA) is 62.6 Å². The number of nitrogens with zero attached hydrogens (tertiary/aromatic N) is 1. The second kappa shape index (κ2) is 10.1. The zero-order valence-corrected chi connectivity index (χ0v) is 18.1. The van der Waals surface area contributed by atoms with Crippen LogP contribution in [0.15, 0.2) is 57.8 Å². The molecule has 162 valence electrons. The fraction of sp³-hybridized carbons (Fsp3) is 0.280. The van der Waals surface area contributed by atoms with E-state index < -0.39 is 5.63 Å². The molecule has 0 fully saturated rings. The molecule has 1 N–H and O–H groups in total. The van der Waals surface area contributed by atoms with Gasteiger partial charge in [-0.1, -0.05) is 12.1 Å². The Kier molecular flexibility index (Phi) is 7.23. The van der Waals surface area contributed by atoms with Gasteiger partial charge in [-0.3, -0.25) is 4.79 Å². The minimum absolute atomic E-state index is 0.287. The predicted octanol–water partition coefficient (Wildman–Crippen LogP) is 4.46. The number of carbonyl (C=O) groups is 1. The number of hydrogen-bond acceptors (Lipinski definition) is 4. The molecular weight excluding hydrogens is 395 g/mol. The number of hydrogen-bond donors (Lipinski definition) is 1. The number of aryl methyl sites for hydroxylation is 1. The predicted molar refractivity (Wildman–Crippen MR) is 123 cm³/mol. The molecule has 0 aliphatic heterocycles. The second-order valence-corrected chi connectivity index (χ2v) is 7.28. The summed E-state index contributed by atoms with van der Waals surface area (Å²) in [7, 11) is 0. The Labute approximate surface area is 181 Å². The lowest BCUT2D eigenvalue weighted by Crippen LogP contribution is -2.23. The number of amides is 1. The summed E-state index contributed by atoms with van der Waals surface area (Å²) in [5, 5.41) is 3.61. The molecule has 0 saturated carbocycles. The van der Waals surface area contributed by atoms with Gasteiger partial charge in [-0.05, 0) is 68.7 Å². The van der Waals surface area contributed by atoms with Gasteiger partial charge in [-0.2, -0.15) is 0 Å². The van der Waals surface area contributed by atoms with Crippen molar-refractivity contribution in [3.05, 3.63) is 81.5 Å². The zero-order chi connectivity index (χ0) is 22.4. The van der Waals surface area contributed by atoms with Crippen LogP contribution < -0.4 is 15.8 Å². The van der Waals surface area contributed by atoms with E-state index in [2.05, 4.69) is 24.1 Å². The highest BCUT2D eigenvalue weighted by atomic mass is 19.1. The molecule has 5 nitrogen and oxygen atoms in total. The summed E-state index contributed by atoms with van der Waals surface area (Å²) < 4.78 is 18.5. The highest BCUT2D eigenvalue weighted by molar-refractivity contribution is 5.93. The molecule has 0 aliphatic carbocycles. The first kappa shape index (κ1) is 22.3. The van der Waals surface area contributed by atoms with Crippen LogP contribution in [0.4, 0.5) is 10.1 Å². The summed E-state index contributed by atoms with van der Waals surface area (Å²) in [6.07, 6.45) is 3.41. The van der Waals surface area contributed by atoms with Crippen LogP contribution in [0.5, 0.6) is 0 Å². The normalized spacial score (nSPS) is 11.2. The Morgan fingerprint density at radius 2 is 1.84 bits per heavy atom. The van der Waals surface area contributed by atoms with E-state index in [0.717, 1.165) is 35.3 Å². The van der Waals surface area contributed by atoms with Gasteiger partial charge in [0.2, 0.25) is 5.91 Å². The van der Waals surface area contributed by atoms with Crippen LogP contribution in [0.1, 0.15) is 30.5 Å². The maximum Gasteiger partial charge on any atom is 0.343 e. The Hall–Kier alpha value is -3.41. The first-order valence-electron chi connectivity index (χ1n) is 10.5. The fourth-order valence-electron chi connectivity index (χ4n) is 3.54.